The molecular formula is C16H22N2O6S. The first kappa shape index (κ1) is 20.6. The normalized spacial score (nSPS) is 12.6. The van der Waals surface area contributed by atoms with Crippen LogP contribution in [0.15, 0.2) is 29.2 Å². The number of aliphatic carboxylic acids is 1. The predicted molar refractivity (Wildman–Crippen MR) is 90.6 cm³/mol. The number of hydrogen-bond donors (Lipinski definition) is 3. The quantitative estimate of drug-likeness (QED) is 0.575. The van der Waals surface area contributed by atoms with Gasteiger partial charge in [-0.05, 0) is 36.6 Å². The Morgan fingerprint density at radius 2 is 1.72 bits per heavy atom. The Morgan fingerprint density at radius 1 is 1.16 bits per heavy atom. The maximum absolute atomic E-state index is 12.1. The molecule has 4 N–H and O–H groups in total. The number of carboxylic acids is 1. The zero-order valence-electron chi connectivity index (χ0n) is 14.1. The number of rotatable bonds is 9. The summed E-state index contributed by atoms with van der Waals surface area (Å²) in [5.74, 6) is -3.79. The van der Waals surface area contributed by atoms with Gasteiger partial charge in [-0.1, -0.05) is 13.8 Å². The van der Waals surface area contributed by atoms with Gasteiger partial charge in [-0.25, -0.2) is 8.42 Å². The first-order valence-corrected chi connectivity index (χ1v) is 9.30. The van der Waals surface area contributed by atoms with E-state index in [1.165, 1.54) is 24.3 Å². The monoisotopic (exact) mass is 370 g/mol. The van der Waals surface area contributed by atoms with E-state index in [4.69, 9.17) is 10.8 Å². The third-order valence-corrected chi connectivity index (χ3v) is 5.08. The van der Waals surface area contributed by atoms with Gasteiger partial charge in [0.25, 0.3) is 5.91 Å². The SMILES string of the molecule is CC(C)CC(CNC(=O)c1ccc(S(=O)(=O)CC(N)=O)cc1)C(=O)O. The average Bonchev–Trinajstić information content (AvgIpc) is 2.49. The third-order valence-electron chi connectivity index (χ3n) is 3.42. The summed E-state index contributed by atoms with van der Waals surface area (Å²) in [5.41, 5.74) is 5.08. The lowest BCUT2D eigenvalue weighted by Crippen LogP contribution is -2.33. The lowest BCUT2D eigenvalue weighted by Gasteiger charge is -2.15. The van der Waals surface area contributed by atoms with Crippen molar-refractivity contribution in [2.45, 2.75) is 25.2 Å². The third kappa shape index (κ3) is 6.54. The Bertz CT molecular complexity index is 740. The molecule has 0 spiro atoms. The van der Waals surface area contributed by atoms with Crippen molar-refractivity contribution in [1.29, 1.82) is 0 Å². The standard InChI is InChI=1S/C16H22N2O6S/c1-10(2)7-12(16(21)22)8-18-15(20)11-3-5-13(6-4-11)25(23,24)9-14(17)19/h3-6,10,12H,7-9H2,1-2H3,(H2,17,19)(H,18,20)(H,21,22). The summed E-state index contributed by atoms with van der Waals surface area (Å²) in [6.07, 6.45) is 0.430. The molecular weight excluding hydrogens is 348 g/mol. The number of benzene rings is 1. The number of primary amides is 1. The van der Waals surface area contributed by atoms with Gasteiger partial charge < -0.3 is 16.2 Å². The highest BCUT2D eigenvalue weighted by molar-refractivity contribution is 7.92. The first-order valence-electron chi connectivity index (χ1n) is 7.65. The molecule has 0 aliphatic heterocycles. The molecule has 1 atom stereocenters. The molecule has 1 aromatic carbocycles. The highest BCUT2D eigenvalue weighted by Gasteiger charge is 2.21. The van der Waals surface area contributed by atoms with E-state index < -0.39 is 39.3 Å². The molecule has 1 unspecified atom stereocenters. The minimum absolute atomic E-state index is 0.0198. The van der Waals surface area contributed by atoms with Crippen molar-refractivity contribution in [3.63, 3.8) is 0 Å². The molecule has 0 aliphatic rings. The van der Waals surface area contributed by atoms with Crippen molar-refractivity contribution in [2.24, 2.45) is 17.6 Å². The van der Waals surface area contributed by atoms with Gasteiger partial charge in [-0.15, -0.1) is 0 Å². The van der Waals surface area contributed by atoms with Crippen LogP contribution in [0.25, 0.3) is 0 Å². The summed E-state index contributed by atoms with van der Waals surface area (Å²) in [5, 5.41) is 11.7. The molecule has 2 amide bonds. The van der Waals surface area contributed by atoms with Gasteiger partial charge in [-0.2, -0.15) is 0 Å². The van der Waals surface area contributed by atoms with Gasteiger partial charge in [-0.3, -0.25) is 14.4 Å². The molecule has 138 valence electrons. The number of carboxylic acid groups (broad SMARTS) is 1. The summed E-state index contributed by atoms with van der Waals surface area (Å²) in [6.45, 7) is 3.76. The lowest BCUT2D eigenvalue weighted by atomic mass is 9.97. The summed E-state index contributed by atoms with van der Waals surface area (Å²) in [7, 11) is -3.84. The van der Waals surface area contributed by atoms with E-state index in [9.17, 15) is 22.8 Å². The van der Waals surface area contributed by atoms with Crippen LogP contribution in [0.2, 0.25) is 0 Å². The summed E-state index contributed by atoms with van der Waals surface area (Å²) in [6, 6.07) is 4.99. The summed E-state index contributed by atoms with van der Waals surface area (Å²) in [4.78, 5) is 33.9. The van der Waals surface area contributed by atoms with E-state index in [0.717, 1.165) is 0 Å². The summed E-state index contributed by atoms with van der Waals surface area (Å²) < 4.78 is 23.7. The molecule has 0 saturated heterocycles. The molecule has 0 radical (unpaired) electrons. The molecule has 1 rings (SSSR count). The topological polar surface area (TPSA) is 144 Å². The molecule has 0 saturated carbocycles. The Balaban J connectivity index is 2.77. The second-order valence-electron chi connectivity index (χ2n) is 6.12. The number of amides is 2. The first-order chi connectivity index (χ1) is 11.5. The molecule has 9 heteroatoms. The van der Waals surface area contributed by atoms with Crippen molar-refractivity contribution in [3.05, 3.63) is 29.8 Å². The molecule has 0 heterocycles. The van der Waals surface area contributed by atoms with Crippen LogP contribution >= 0.6 is 0 Å². The maximum Gasteiger partial charge on any atom is 0.308 e. The van der Waals surface area contributed by atoms with Crippen LogP contribution < -0.4 is 11.1 Å². The Labute approximate surface area is 146 Å². The molecule has 0 aliphatic carbocycles. The van der Waals surface area contributed by atoms with Crippen LogP contribution in [0.4, 0.5) is 0 Å². The highest BCUT2D eigenvalue weighted by atomic mass is 32.2. The molecule has 0 fully saturated rings. The highest BCUT2D eigenvalue weighted by Crippen LogP contribution is 2.14. The van der Waals surface area contributed by atoms with E-state index in [1.54, 1.807) is 0 Å². The minimum Gasteiger partial charge on any atom is -0.481 e. The number of carbonyl (C=O) groups excluding carboxylic acids is 2. The van der Waals surface area contributed by atoms with E-state index in [2.05, 4.69) is 5.32 Å². The van der Waals surface area contributed by atoms with Gasteiger partial charge in [0, 0.05) is 12.1 Å². The minimum atomic E-state index is -3.84. The largest absolute Gasteiger partial charge is 0.481 e. The van der Waals surface area contributed by atoms with Gasteiger partial charge in [0.05, 0.1) is 10.8 Å². The average molecular weight is 370 g/mol. The van der Waals surface area contributed by atoms with E-state index in [0.29, 0.717) is 6.42 Å². The van der Waals surface area contributed by atoms with E-state index in [1.807, 2.05) is 13.8 Å². The van der Waals surface area contributed by atoms with Gasteiger partial charge in [0.1, 0.15) is 5.75 Å². The second kappa shape index (κ2) is 8.61. The molecule has 0 aromatic heterocycles. The van der Waals surface area contributed by atoms with Crippen molar-refractivity contribution in [3.8, 4) is 0 Å². The number of sulfone groups is 1. The van der Waals surface area contributed by atoms with Crippen LogP contribution in [0.3, 0.4) is 0 Å². The van der Waals surface area contributed by atoms with Crippen LogP contribution in [0, 0.1) is 11.8 Å². The molecule has 0 bridgehead atoms. The van der Waals surface area contributed by atoms with Gasteiger partial charge >= 0.3 is 5.97 Å². The fourth-order valence-electron chi connectivity index (χ4n) is 2.24. The van der Waals surface area contributed by atoms with Crippen molar-refractivity contribution in [2.75, 3.05) is 12.3 Å². The predicted octanol–water partition coefficient (Wildman–Crippen LogP) is 0.422. The lowest BCUT2D eigenvalue weighted by molar-refractivity contribution is -0.142. The van der Waals surface area contributed by atoms with Gasteiger partial charge in [0.15, 0.2) is 9.84 Å². The van der Waals surface area contributed by atoms with Crippen LogP contribution in [0.1, 0.15) is 30.6 Å². The van der Waals surface area contributed by atoms with E-state index in [-0.39, 0.29) is 22.9 Å². The number of hydrogen-bond acceptors (Lipinski definition) is 5. The summed E-state index contributed by atoms with van der Waals surface area (Å²) >= 11 is 0. The second-order valence-corrected chi connectivity index (χ2v) is 8.11. The molecule has 8 nitrogen and oxygen atoms in total. The van der Waals surface area contributed by atoms with Crippen molar-refractivity contribution >= 4 is 27.6 Å². The Hall–Kier alpha value is -2.42. The smallest absolute Gasteiger partial charge is 0.308 e. The van der Waals surface area contributed by atoms with Crippen molar-refractivity contribution in [1.82, 2.24) is 5.32 Å². The number of nitrogens with two attached hydrogens (primary N) is 1. The van der Waals surface area contributed by atoms with Crippen LogP contribution in [-0.2, 0) is 19.4 Å². The zero-order chi connectivity index (χ0) is 19.2. The number of nitrogens with one attached hydrogen (secondary N) is 1. The maximum atomic E-state index is 12.1. The number of carbonyl (C=O) groups is 3. The molecule has 25 heavy (non-hydrogen) atoms. The molecule has 1 aromatic rings. The van der Waals surface area contributed by atoms with E-state index >= 15 is 0 Å². The fourth-order valence-corrected chi connectivity index (χ4v) is 3.33. The Kier molecular flexibility index (Phi) is 7.10. The Morgan fingerprint density at radius 3 is 2.16 bits per heavy atom. The van der Waals surface area contributed by atoms with Crippen LogP contribution in [-0.4, -0.2) is 43.6 Å². The van der Waals surface area contributed by atoms with Crippen LogP contribution in [0.5, 0.6) is 0 Å². The fraction of sp³-hybridized carbons (Fsp3) is 0.438. The van der Waals surface area contributed by atoms with Gasteiger partial charge in [0.2, 0.25) is 5.91 Å². The van der Waals surface area contributed by atoms with Crippen molar-refractivity contribution < 1.29 is 27.9 Å². The zero-order valence-corrected chi connectivity index (χ0v) is 14.9.